The van der Waals surface area contributed by atoms with Crippen LogP contribution in [0.25, 0.3) is 0 Å². The van der Waals surface area contributed by atoms with Crippen LogP contribution in [0.2, 0.25) is 5.02 Å². The van der Waals surface area contributed by atoms with E-state index in [0.717, 1.165) is 15.6 Å². The van der Waals surface area contributed by atoms with Crippen molar-refractivity contribution in [1.82, 2.24) is 5.32 Å². The third-order valence-corrected chi connectivity index (χ3v) is 3.94. The Morgan fingerprint density at radius 1 is 1.21 bits per heavy atom. The van der Waals surface area contributed by atoms with Crippen LogP contribution in [-0.2, 0) is 0 Å². The van der Waals surface area contributed by atoms with Crippen LogP contribution in [0.3, 0.4) is 0 Å². The summed E-state index contributed by atoms with van der Waals surface area (Å²) in [7, 11) is 1.86. The van der Waals surface area contributed by atoms with Crippen molar-refractivity contribution in [2.24, 2.45) is 0 Å². The van der Waals surface area contributed by atoms with Gasteiger partial charge in [0.25, 0.3) is 0 Å². The lowest BCUT2D eigenvalue weighted by Gasteiger charge is -2.19. The fourth-order valence-electron chi connectivity index (χ4n) is 2.06. The number of aryl methyl sites for hydroxylation is 1. The van der Waals surface area contributed by atoms with Crippen LogP contribution in [0.1, 0.15) is 22.7 Å². The highest BCUT2D eigenvalue weighted by Gasteiger charge is 2.16. The van der Waals surface area contributed by atoms with Crippen molar-refractivity contribution in [1.29, 1.82) is 0 Å². The predicted octanol–water partition coefficient (Wildman–Crippen LogP) is 4.86. The molecule has 0 aliphatic rings. The smallest absolute Gasteiger partial charge is 0.127 e. The summed E-state index contributed by atoms with van der Waals surface area (Å²) in [6.45, 7) is 1.74. The molecule has 0 heterocycles. The van der Waals surface area contributed by atoms with Gasteiger partial charge in [-0.1, -0.05) is 39.7 Å². The largest absolute Gasteiger partial charge is 0.309 e. The van der Waals surface area contributed by atoms with Gasteiger partial charge in [0.2, 0.25) is 0 Å². The van der Waals surface area contributed by atoms with E-state index in [9.17, 15) is 4.39 Å². The molecule has 1 nitrogen and oxygen atoms in total. The average molecular weight is 343 g/mol. The van der Waals surface area contributed by atoms with E-state index in [4.69, 9.17) is 11.6 Å². The minimum absolute atomic E-state index is 0.0556. The summed E-state index contributed by atoms with van der Waals surface area (Å²) in [6.07, 6.45) is 0. The second-order valence-corrected chi connectivity index (χ2v) is 5.72. The minimum Gasteiger partial charge on any atom is -0.309 e. The van der Waals surface area contributed by atoms with Crippen molar-refractivity contribution in [3.8, 4) is 0 Å². The van der Waals surface area contributed by atoms with Gasteiger partial charge in [0.1, 0.15) is 5.82 Å². The Bertz CT molecular complexity index is 583. The molecule has 0 saturated heterocycles. The summed E-state index contributed by atoms with van der Waals surface area (Å²) in [5.74, 6) is -0.278. The van der Waals surface area contributed by atoms with E-state index >= 15 is 0 Å². The molecule has 0 aliphatic carbocycles. The van der Waals surface area contributed by atoms with Crippen molar-refractivity contribution in [3.05, 3.63) is 68.4 Å². The summed E-state index contributed by atoms with van der Waals surface area (Å²) < 4.78 is 14.5. The molecule has 2 rings (SSSR count). The van der Waals surface area contributed by atoms with Gasteiger partial charge < -0.3 is 5.32 Å². The van der Waals surface area contributed by atoms with Crippen molar-refractivity contribution in [3.63, 3.8) is 0 Å². The third kappa shape index (κ3) is 3.16. The normalized spacial score (nSPS) is 12.5. The number of hydrogen-bond donors (Lipinski definition) is 1. The molecular formula is C15H14BrClFN. The molecule has 1 N–H and O–H groups in total. The first kappa shape index (κ1) is 14.5. The van der Waals surface area contributed by atoms with Gasteiger partial charge in [-0.05, 0) is 54.9 Å². The zero-order chi connectivity index (χ0) is 14.0. The summed E-state index contributed by atoms with van der Waals surface area (Å²) in [5, 5.41) is 3.65. The van der Waals surface area contributed by atoms with E-state index in [2.05, 4.69) is 21.2 Å². The number of rotatable bonds is 3. The van der Waals surface area contributed by atoms with Crippen molar-refractivity contribution in [2.75, 3.05) is 7.05 Å². The number of benzene rings is 2. The highest BCUT2D eigenvalue weighted by molar-refractivity contribution is 9.10. The van der Waals surface area contributed by atoms with Gasteiger partial charge in [-0.25, -0.2) is 4.39 Å². The fraction of sp³-hybridized carbons (Fsp3) is 0.200. The maximum absolute atomic E-state index is 13.5. The van der Waals surface area contributed by atoms with Gasteiger partial charge in [-0.15, -0.1) is 0 Å². The van der Waals surface area contributed by atoms with Crippen LogP contribution in [-0.4, -0.2) is 7.05 Å². The van der Waals surface area contributed by atoms with Crippen molar-refractivity contribution >= 4 is 27.5 Å². The zero-order valence-corrected chi connectivity index (χ0v) is 13.0. The Kier molecular flexibility index (Phi) is 4.61. The molecule has 0 aromatic heterocycles. The number of nitrogens with one attached hydrogen (secondary N) is 1. The standard InChI is InChI=1S/C15H14BrClFN/c1-9-7-12(13(17)8-14(9)18)15(19-2)10-3-5-11(16)6-4-10/h3-8,15,19H,1-2H3. The van der Waals surface area contributed by atoms with Crippen LogP contribution >= 0.6 is 27.5 Å². The number of hydrogen-bond acceptors (Lipinski definition) is 1. The van der Waals surface area contributed by atoms with Crippen LogP contribution in [0.4, 0.5) is 4.39 Å². The molecule has 0 amide bonds. The molecule has 0 saturated carbocycles. The zero-order valence-electron chi connectivity index (χ0n) is 10.7. The first-order chi connectivity index (χ1) is 9.02. The molecule has 0 bridgehead atoms. The lowest BCUT2D eigenvalue weighted by atomic mass is 9.97. The Morgan fingerprint density at radius 2 is 1.84 bits per heavy atom. The maximum Gasteiger partial charge on any atom is 0.127 e. The van der Waals surface area contributed by atoms with Crippen LogP contribution in [0.15, 0.2) is 40.9 Å². The predicted molar refractivity (Wildman–Crippen MR) is 81.2 cm³/mol. The van der Waals surface area contributed by atoms with Crippen LogP contribution in [0, 0.1) is 12.7 Å². The van der Waals surface area contributed by atoms with E-state index in [-0.39, 0.29) is 11.9 Å². The first-order valence-corrected chi connectivity index (χ1v) is 7.08. The van der Waals surface area contributed by atoms with Crippen molar-refractivity contribution < 1.29 is 4.39 Å². The second kappa shape index (κ2) is 6.04. The molecule has 2 aromatic rings. The molecule has 19 heavy (non-hydrogen) atoms. The Labute approximate surface area is 125 Å². The molecule has 4 heteroatoms. The lowest BCUT2D eigenvalue weighted by molar-refractivity contribution is 0.614. The quantitative estimate of drug-likeness (QED) is 0.840. The van der Waals surface area contributed by atoms with Gasteiger partial charge in [-0.3, -0.25) is 0 Å². The fourth-order valence-corrected chi connectivity index (χ4v) is 2.58. The summed E-state index contributed by atoms with van der Waals surface area (Å²) >= 11 is 9.58. The van der Waals surface area contributed by atoms with Gasteiger partial charge in [0.15, 0.2) is 0 Å². The van der Waals surface area contributed by atoms with E-state index in [1.165, 1.54) is 6.07 Å². The topological polar surface area (TPSA) is 12.0 Å². The molecule has 1 unspecified atom stereocenters. The Hall–Kier alpha value is -0.900. The Balaban J connectivity index is 2.47. The van der Waals surface area contributed by atoms with E-state index in [0.29, 0.717) is 10.6 Å². The van der Waals surface area contributed by atoms with Crippen molar-refractivity contribution in [2.45, 2.75) is 13.0 Å². The van der Waals surface area contributed by atoms with Gasteiger partial charge in [0.05, 0.1) is 6.04 Å². The monoisotopic (exact) mass is 341 g/mol. The maximum atomic E-state index is 13.5. The second-order valence-electron chi connectivity index (χ2n) is 4.40. The molecule has 0 aliphatic heterocycles. The summed E-state index contributed by atoms with van der Waals surface area (Å²) in [4.78, 5) is 0. The number of halogens is 3. The van der Waals surface area contributed by atoms with E-state index in [1.807, 2.05) is 31.3 Å². The summed E-state index contributed by atoms with van der Waals surface area (Å²) in [5.41, 5.74) is 2.56. The summed E-state index contributed by atoms with van der Waals surface area (Å²) in [6, 6.07) is 11.1. The molecule has 0 spiro atoms. The molecule has 1 atom stereocenters. The van der Waals surface area contributed by atoms with Gasteiger partial charge in [-0.2, -0.15) is 0 Å². The SMILES string of the molecule is CNC(c1ccc(Br)cc1)c1cc(C)c(F)cc1Cl. The lowest BCUT2D eigenvalue weighted by Crippen LogP contribution is -2.18. The van der Waals surface area contributed by atoms with E-state index in [1.54, 1.807) is 13.0 Å². The van der Waals surface area contributed by atoms with Gasteiger partial charge in [0, 0.05) is 9.50 Å². The molecule has 100 valence electrons. The minimum atomic E-state index is -0.278. The first-order valence-electron chi connectivity index (χ1n) is 5.91. The highest BCUT2D eigenvalue weighted by Crippen LogP contribution is 2.30. The molecule has 2 aromatic carbocycles. The molecular weight excluding hydrogens is 329 g/mol. The highest BCUT2D eigenvalue weighted by atomic mass is 79.9. The average Bonchev–Trinajstić information content (AvgIpc) is 2.38. The van der Waals surface area contributed by atoms with Gasteiger partial charge >= 0.3 is 0 Å². The van der Waals surface area contributed by atoms with Crippen LogP contribution in [0.5, 0.6) is 0 Å². The molecule has 0 fully saturated rings. The van der Waals surface area contributed by atoms with Crippen LogP contribution < -0.4 is 5.32 Å². The van der Waals surface area contributed by atoms with E-state index < -0.39 is 0 Å². The molecule has 0 radical (unpaired) electrons. The third-order valence-electron chi connectivity index (χ3n) is 3.08. The Morgan fingerprint density at radius 3 is 2.42 bits per heavy atom.